The number of alkyl halides is 26. The molecule has 0 aromatic carbocycles. The van der Waals surface area contributed by atoms with Crippen LogP contribution in [0, 0.1) is 0 Å². The van der Waals surface area contributed by atoms with Gasteiger partial charge in [0, 0.05) is 12.8 Å². The molecule has 1 nitrogen and oxygen atoms in total. The zero-order valence-electron chi connectivity index (χ0n) is 19.6. The Morgan fingerprint density at radius 2 is 0.500 bits per heavy atom. The second kappa shape index (κ2) is 11.0. The smallest absolute Gasteiger partial charge is 0.300 e. The van der Waals surface area contributed by atoms with Crippen LogP contribution in [0.2, 0.25) is 0 Å². The molecule has 0 aliphatic carbocycles. The molecule has 27 heteroatoms. The fourth-order valence-electron chi connectivity index (χ4n) is 3.51. The fraction of sp³-hybridized carbons (Fsp3) is 0.941. The van der Waals surface area contributed by atoms with E-state index in [1.165, 1.54) is 0 Å². The molecule has 44 heavy (non-hydrogen) atoms. The molecule has 0 N–H and O–H groups in total. The van der Waals surface area contributed by atoms with E-state index >= 15 is 0 Å². The lowest BCUT2D eigenvalue weighted by Crippen LogP contribution is -2.75. The molecule has 0 fully saturated rings. The van der Waals surface area contributed by atoms with E-state index in [0.29, 0.717) is 0 Å². The van der Waals surface area contributed by atoms with Gasteiger partial charge >= 0.3 is 60.2 Å². The van der Waals surface area contributed by atoms with Crippen molar-refractivity contribution < 1.29 is 119 Å². The number of Topliss-reactive ketones (excluding diaryl/α,β-unsaturated/α-hetero) is 1. The fourth-order valence-corrected chi connectivity index (χ4v) is 3.51. The normalized spacial score (nSPS) is 18.6. The summed E-state index contributed by atoms with van der Waals surface area (Å²) < 4.78 is 342. The molecule has 0 bridgehead atoms. The third-order valence-electron chi connectivity index (χ3n) is 5.86. The van der Waals surface area contributed by atoms with Gasteiger partial charge in [-0.2, -0.15) is 96.6 Å². The summed E-state index contributed by atoms with van der Waals surface area (Å²) >= 11 is 0. The second-order valence-corrected chi connectivity index (χ2v) is 8.59. The summed E-state index contributed by atoms with van der Waals surface area (Å²) in [4.78, 5) is 11.6. The second-order valence-electron chi connectivity index (χ2n) is 8.59. The first-order valence-electron chi connectivity index (χ1n) is 10.0. The average molecular weight is 722 g/mol. The number of hydrogen-bond acceptors (Lipinski definition) is 1. The van der Waals surface area contributed by atoms with Crippen LogP contribution in [0.4, 0.5) is 114 Å². The Hall–Kier alpha value is -2.15. The van der Waals surface area contributed by atoms with Gasteiger partial charge in [-0.15, -0.1) is 0 Å². The predicted octanol–water partition coefficient (Wildman–Crippen LogP) is 9.59. The Morgan fingerprint density at radius 3 is 0.636 bits per heavy atom. The van der Waals surface area contributed by atoms with Crippen LogP contribution in [-0.4, -0.2) is 77.4 Å². The number of carbonyl (C=O) groups excluding carboxylic acids is 1. The lowest BCUT2D eigenvalue weighted by Gasteiger charge is -2.45. The first kappa shape index (κ1) is 41.9. The van der Waals surface area contributed by atoms with Crippen LogP contribution in [0.15, 0.2) is 0 Å². The minimum atomic E-state index is -8.36. The lowest BCUT2D eigenvalue weighted by molar-refractivity contribution is -0.429. The van der Waals surface area contributed by atoms with Crippen LogP contribution in [0.3, 0.4) is 0 Å². The molecule has 0 amide bonds. The molecule has 0 rings (SSSR count). The monoisotopic (exact) mass is 722 g/mol. The van der Waals surface area contributed by atoms with Crippen LogP contribution >= 0.6 is 0 Å². The Bertz CT molecular complexity index is 910. The minimum absolute atomic E-state index is 3.25. The van der Waals surface area contributed by atoms with E-state index in [-0.39, 0.29) is 0 Å². The molecule has 0 aliphatic rings. The molecule has 264 valence electrons. The highest BCUT2D eigenvalue weighted by Crippen LogP contribution is 2.65. The van der Waals surface area contributed by atoms with Crippen LogP contribution < -0.4 is 0 Å². The van der Waals surface area contributed by atoms with Crippen molar-refractivity contribution in [2.75, 3.05) is 0 Å². The minimum Gasteiger partial charge on any atom is -0.300 e. The zero-order valence-corrected chi connectivity index (χ0v) is 19.6. The SMILES string of the molecule is O=C(CCC(F)(C(F)(F)C(F)(F)F)C(F)(C(F)(F)F)C(F)(F)F)CCC(F)(C(F)(F)C(F)(F)F)C(F)(C(F)(F)F)C(F)(F)F. The summed E-state index contributed by atoms with van der Waals surface area (Å²) in [6.07, 6.45) is -63.5. The quantitative estimate of drug-likeness (QED) is 0.206. The first-order valence-corrected chi connectivity index (χ1v) is 10.0. The van der Waals surface area contributed by atoms with E-state index in [4.69, 9.17) is 0 Å². The first-order chi connectivity index (χ1) is 18.6. The summed E-state index contributed by atoms with van der Waals surface area (Å²) in [6.45, 7) is 0. The number of halogens is 26. The van der Waals surface area contributed by atoms with Crippen molar-refractivity contribution in [3.63, 3.8) is 0 Å². The standard InChI is InChI=1S/C17H8F26O/c18-6(10(22,23)16(38,39)40,8(20,12(26,27)28)13(29,30)31)3-1-5(44)2-4-7(19,11(24,25)17(41,42)43)9(21,14(32,33)34)15(35,36)37/h1-4H2. The largest absolute Gasteiger partial charge is 0.456 e. The van der Waals surface area contributed by atoms with Gasteiger partial charge in [0.15, 0.2) is 0 Å². The van der Waals surface area contributed by atoms with Crippen molar-refractivity contribution in [1.82, 2.24) is 0 Å². The molecule has 0 saturated carbocycles. The van der Waals surface area contributed by atoms with E-state index in [0.717, 1.165) is 0 Å². The van der Waals surface area contributed by atoms with Crippen molar-refractivity contribution in [3.8, 4) is 0 Å². The Labute approximate surface area is 223 Å². The van der Waals surface area contributed by atoms with E-state index in [1.807, 2.05) is 0 Å². The van der Waals surface area contributed by atoms with Crippen LogP contribution in [0.25, 0.3) is 0 Å². The van der Waals surface area contributed by atoms with Crippen molar-refractivity contribution >= 4 is 5.78 Å². The van der Waals surface area contributed by atoms with Crippen molar-refractivity contribution in [2.24, 2.45) is 0 Å². The molecular formula is C17H8F26O. The predicted molar refractivity (Wildman–Crippen MR) is 85.1 cm³/mol. The molecule has 2 atom stereocenters. The maximum atomic E-state index is 14.7. The number of carbonyl (C=O) groups is 1. The van der Waals surface area contributed by atoms with Crippen LogP contribution in [-0.2, 0) is 4.79 Å². The van der Waals surface area contributed by atoms with Gasteiger partial charge in [-0.3, -0.25) is 4.79 Å². The molecule has 0 aromatic rings. The van der Waals surface area contributed by atoms with Crippen molar-refractivity contribution in [3.05, 3.63) is 0 Å². The van der Waals surface area contributed by atoms with Crippen LogP contribution in [0.1, 0.15) is 25.7 Å². The van der Waals surface area contributed by atoms with Gasteiger partial charge < -0.3 is 0 Å². The van der Waals surface area contributed by atoms with E-state index in [9.17, 15) is 119 Å². The van der Waals surface area contributed by atoms with Gasteiger partial charge in [0.25, 0.3) is 0 Å². The van der Waals surface area contributed by atoms with Crippen molar-refractivity contribution in [1.29, 1.82) is 0 Å². The zero-order chi connectivity index (χ0) is 36.4. The molecule has 0 aromatic heterocycles. The summed E-state index contributed by atoms with van der Waals surface area (Å²) in [5, 5.41) is 0. The Kier molecular flexibility index (Phi) is 10.4. The molecule has 0 spiro atoms. The summed E-state index contributed by atoms with van der Waals surface area (Å²) in [5.41, 5.74) is -32.3. The average Bonchev–Trinajstić information content (AvgIpc) is 2.74. The van der Waals surface area contributed by atoms with Gasteiger partial charge in [-0.05, 0) is 12.8 Å². The van der Waals surface area contributed by atoms with E-state index < -0.39 is 103 Å². The van der Waals surface area contributed by atoms with E-state index in [1.54, 1.807) is 0 Å². The molecule has 2 unspecified atom stereocenters. The summed E-state index contributed by atoms with van der Waals surface area (Å²) in [6, 6.07) is 0. The molecule has 0 radical (unpaired) electrons. The topological polar surface area (TPSA) is 17.1 Å². The third kappa shape index (κ3) is 6.03. The molecule has 0 saturated heterocycles. The van der Waals surface area contributed by atoms with Gasteiger partial charge in [0.05, 0.1) is 0 Å². The van der Waals surface area contributed by atoms with Gasteiger partial charge in [-0.25, -0.2) is 17.6 Å². The highest BCUT2D eigenvalue weighted by atomic mass is 19.5. The van der Waals surface area contributed by atoms with Gasteiger partial charge in [-0.1, -0.05) is 0 Å². The highest BCUT2D eigenvalue weighted by Gasteiger charge is 2.93. The Morgan fingerprint density at radius 1 is 0.318 bits per heavy atom. The Balaban J connectivity index is 7.11. The van der Waals surface area contributed by atoms with E-state index in [2.05, 4.69) is 0 Å². The number of ketones is 1. The summed E-state index contributed by atoms with van der Waals surface area (Å²) in [5.74, 6) is -19.6. The highest BCUT2D eigenvalue weighted by molar-refractivity contribution is 5.78. The van der Waals surface area contributed by atoms with Crippen molar-refractivity contribution in [2.45, 2.75) is 97.3 Å². The lowest BCUT2D eigenvalue weighted by atomic mass is 9.74. The van der Waals surface area contributed by atoms with Gasteiger partial charge in [0.2, 0.25) is 11.3 Å². The third-order valence-corrected chi connectivity index (χ3v) is 5.86. The molecule has 0 heterocycles. The molecule has 0 aliphatic heterocycles. The number of rotatable bonds is 10. The maximum Gasteiger partial charge on any atom is 0.456 e. The van der Waals surface area contributed by atoms with Gasteiger partial charge in [0.1, 0.15) is 5.78 Å². The van der Waals surface area contributed by atoms with Crippen LogP contribution in [0.5, 0.6) is 0 Å². The molecular weight excluding hydrogens is 714 g/mol. The number of hydrogen-bond donors (Lipinski definition) is 0. The summed E-state index contributed by atoms with van der Waals surface area (Å²) in [7, 11) is 0. The maximum absolute atomic E-state index is 14.7.